The van der Waals surface area contributed by atoms with Crippen LogP contribution in [-0.4, -0.2) is 26.4 Å². The van der Waals surface area contributed by atoms with Crippen molar-refractivity contribution in [2.45, 2.75) is 52.4 Å². The predicted molar refractivity (Wildman–Crippen MR) is 111 cm³/mol. The summed E-state index contributed by atoms with van der Waals surface area (Å²) >= 11 is 0. The van der Waals surface area contributed by atoms with Crippen molar-refractivity contribution in [3.8, 4) is 34.1 Å². The highest BCUT2D eigenvalue weighted by Crippen LogP contribution is 2.48. The molecule has 1 N–H and O–H groups in total. The summed E-state index contributed by atoms with van der Waals surface area (Å²) in [5, 5.41) is 11.1. The molecule has 0 aliphatic heterocycles. The minimum Gasteiger partial charge on any atom is -0.507 e. The van der Waals surface area contributed by atoms with Gasteiger partial charge < -0.3 is 19.3 Å². The number of benzene rings is 2. The van der Waals surface area contributed by atoms with Crippen LogP contribution in [-0.2, 0) is 10.8 Å². The third-order valence-electron chi connectivity index (χ3n) is 4.73. The van der Waals surface area contributed by atoms with Crippen LogP contribution in [0.15, 0.2) is 24.3 Å². The Kier molecular flexibility index (Phi) is 5.69. The van der Waals surface area contributed by atoms with Crippen LogP contribution in [0.2, 0.25) is 0 Å². The predicted octanol–water partition coefficient (Wildman–Crippen LogP) is 5.68. The number of aromatic hydroxyl groups is 1. The number of methoxy groups -OCH3 is 3. The lowest BCUT2D eigenvalue weighted by atomic mass is 9.81. The Balaban J connectivity index is 2.93. The first-order valence-corrected chi connectivity index (χ1v) is 9.12. The number of hydrogen-bond acceptors (Lipinski definition) is 4. The van der Waals surface area contributed by atoms with E-state index < -0.39 is 0 Å². The molecule has 2 rings (SSSR count). The Bertz CT molecular complexity index is 824. The van der Waals surface area contributed by atoms with Crippen molar-refractivity contribution in [1.29, 1.82) is 0 Å². The SMILES string of the molecule is COc1cc(-c2cc(OC)cc(C(C)(C)C)c2OC)c(O)c(C(C)(C)C)c1. The molecule has 0 saturated heterocycles. The average molecular weight is 373 g/mol. The topological polar surface area (TPSA) is 47.9 Å². The number of hydrogen-bond donors (Lipinski definition) is 1. The van der Waals surface area contributed by atoms with Crippen molar-refractivity contribution in [1.82, 2.24) is 0 Å². The molecule has 2 aromatic carbocycles. The van der Waals surface area contributed by atoms with Crippen LogP contribution in [0.1, 0.15) is 52.7 Å². The summed E-state index contributed by atoms with van der Waals surface area (Å²) in [5.74, 6) is 2.37. The summed E-state index contributed by atoms with van der Waals surface area (Å²) in [7, 11) is 4.93. The van der Waals surface area contributed by atoms with Gasteiger partial charge in [0.15, 0.2) is 0 Å². The maximum Gasteiger partial charge on any atom is 0.130 e. The quantitative estimate of drug-likeness (QED) is 0.750. The lowest BCUT2D eigenvalue weighted by Crippen LogP contribution is -2.14. The number of ether oxygens (including phenoxy) is 3. The van der Waals surface area contributed by atoms with Crippen molar-refractivity contribution >= 4 is 0 Å². The molecule has 2 aromatic rings. The van der Waals surface area contributed by atoms with Crippen LogP contribution in [0.5, 0.6) is 23.0 Å². The third kappa shape index (κ3) is 4.15. The molecule has 0 unspecified atom stereocenters. The van der Waals surface area contributed by atoms with Gasteiger partial charge in [0.25, 0.3) is 0 Å². The molecule has 0 aromatic heterocycles. The number of phenolic OH excluding ortho intramolecular Hbond substituents is 1. The van der Waals surface area contributed by atoms with Crippen LogP contribution >= 0.6 is 0 Å². The molecule has 0 radical (unpaired) electrons. The Morgan fingerprint density at radius 2 is 1.07 bits per heavy atom. The van der Waals surface area contributed by atoms with Gasteiger partial charge in [-0.1, -0.05) is 41.5 Å². The first-order chi connectivity index (χ1) is 12.4. The Morgan fingerprint density at radius 3 is 1.48 bits per heavy atom. The van der Waals surface area contributed by atoms with Crippen LogP contribution in [0.3, 0.4) is 0 Å². The van der Waals surface area contributed by atoms with Gasteiger partial charge in [-0.05, 0) is 35.1 Å². The minimum atomic E-state index is -0.244. The number of rotatable bonds is 4. The molecule has 0 heterocycles. The zero-order valence-electron chi connectivity index (χ0n) is 18.0. The fourth-order valence-electron chi connectivity index (χ4n) is 3.20. The second kappa shape index (κ2) is 7.34. The Morgan fingerprint density at radius 1 is 0.630 bits per heavy atom. The Hall–Kier alpha value is -2.36. The lowest BCUT2D eigenvalue weighted by Gasteiger charge is -2.27. The molecule has 4 heteroatoms. The highest BCUT2D eigenvalue weighted by atomic mass is 16.5. The van der Waals surface area contributed by atoms with Crippen molar-refractivity contribution in [2.75, 3.05) is 21.3 Å². The normalized spacial score (nSPS) is 12.0. The molecule has 27 heavy (non-hydrogen) atoms. The molecule has 0 spiro atoms. The van der Waals surface area contributed by atoms with Crippen molar-refractivity contribution in [2.24, 2.45) is 0 Å². The largest absolute Gasteiger partial charge is 0.507 e. The molecule has 4 nitrogen and oxygen atoms in total. The van der Waals surface area contributed by atoms with E-state index in [-0.39, 0.29) is 16.6 Å². The standard InChI is InChI=1S/C23H32O4/c1-22(2,3)18-12-14(25-7)10-16(20(18)24)17-11-15(26-8)13-19(21(17)27-9)23(4,5)6/h10-13,24H,1-9H3. The van der Waals surface area contributed by atoms with Gasteiger partial charge in [-0.3, -0.25) is 0 Å². The van der Waals surface area contributed by atoms with E-state index >= 15 is 0 Å². The van der Waals surface area contributed by atoms with Crippen LogP contribution in [0.4, 0.5) is 0 Å². The molecule has 0 fully saturated rings. The smallest absolute Gasteiger partial charge is 0.130 e. The van der Waals surface area contributed by atoms with Gasteiger partial charge in [-0.25, -0.2) is 0 Å². The second-order valence-electron chi connectivity index (χ2n) is 8.83. The summed E-state index contributed by atoms with van der Waals surface area (Å²) in [6.45, 7) is 12.6. The van der Waals surface area contributed by atoms with E-state index in [1.165, 1.54) is 0 Å². The van der Waals surface area contributed by atoms with E-state index in [2.05, 4.69) is 41.5 Å². The molecule has 0 aliphatic carbocycles. The summed E-state index contributed by atoms with van der Waals surface area (Å²) < 4.78 is 16.9. The molecule has 0 amide bonds. The Labute approximate surface area is 163 Å². The fraction of sp³-hybridized carbons (Fsp3) is 0.478. The van der Waals surface area contributed by atoms with E-state index in [4.69, 9.17) is 14.2 Å². The van der Waals surface area contributed by atoms with E-state index in [0.29, 0.717) is 11.3 Å². The molecule has 0 atom stereocenters. The van der Waals surface area contributed by atoms with E-state index in [9.17, 15) is 5.11 Å². The minimum absolute atomic E-state index is 0.157. The van der Waals surface area contributed by atoms with Gasteiger partial charge in [-0.2, -0.15) is 0 Å². The summed E-state index contributed by atoms with van der Waals surface area (Å²) in [4.78, 5) is 0. The third-order valence-corrected chi connectivity index (χ3v) is 4.73. The van der Waals surface area contributed by atoms with Crippen molar-refractivity contribution in [3.05, 3.63) is 35.4 Å². The van der Waals surface area contributed by atoms with Gasteiger partial charge in [0.1, 0.15) is 23.0 Å². The van der Waals surface area contributed by atoms with E-state index in [1.807, 2.05) is 24.3 Å². The lowest BCUT2D eigenvalue weighted by molar-refractivity contribution is 0.388. The van der Waals surface area contributed by atoms with Crippen LogP contribution in [0.25, 0.3) is 11.1 Å². The zero-order valence-corrected chi connectivity index (χ0v) is 18.0. The fourth-order valence-corrected chi connectivity index (χ4v) is 3.20. The summed E-state index contributed by atoms with van der Waals surface area (Å²) in [6, 6.07) is 7.61. The molecule has 0 aliphatic rings. The van der Waals surface area contributed by atoms with Crippen LogP contribution in [0, 0.1) is 0 Å². The maximum atomic E-state index is 11.1. The first kappa shape index (κ1) is 20.9. The number of phenols is 1. The van der Waals surface area contributed by atoms with Gasteiger partial charge in [0.2, 0.25) is 0 Å². The van der Waals surface area contributed by atoms with Crippen molar-refractivity contribution in [3.63, 3.8) is 0 Å². The van der Waals surface area contributed by atoms with Crippen molar-refractivity contribution < 1.29 is 19.3 Å². The van der Waals surface area contributed by atoms with Gasteiger partial charge in [0, 0.05) is 22.3 Å². The van der Waals surface area contributed by atoms with Gasteiger partial charge >= 0.3 is 0 Å². The molecular formula is C23H32O4. The van der Waals surface area contributed by atoms with E-state index in [0.717, 1.165) is 28.2 Å². The highest BCUT2D eigenvalue weighted by molar-refractivity contribution is 5.81. The second-order valence-corrected chi connectivity index (χ2v) is 8.83. The summed E-state index contributed by atoms with van der Waals surface area (Å²) in [6.07, 6.45) is 0. The average Bonchev–Trinajstić information content (AvgIpc) is 2.58. The van der Waals surface area contributed by atoms with Gasteiger partial charge in [-0.15, -0.1) is 0 Å². The monoisotopic (exact) mass is 372 g/mol. The summed E-state index contributed by atoms with van der Waals surface area (Å²) in [5.41, 5.74) is 2.88. The molecule has 0 bridgehead atoms. The zero-order chi connectivity index (χ0) is 20.6. The van der Waals surface area contributed by atoms with E-state index in [1.54, 1.807) is 21.3 Å². The molecule has 148 valence electrons. The first-order valence-electron chi connectivity index (χ1n) is 9.12. The maximum absolute atomic E-state index is 11.1. The van der Waals surface area contributed by atoms with Crippen LogP contribution < -0.4 is 14.2 Å². The molecule has 0 saturated carbocycles. The molecular weight excluding hydrogens is 340 g/mol. The highest BCUT2D eigenvalue weighted by Gasteiger charge is 2.27. The van der Waals surface area contributed by atoms with Gasteiger partial charge in [0.05, 0.1) is 21.3 Å².